The highest BCUT2D eigenvalue weighted by molar-refractivity contribution is 7.07. The smallest absolute Gasteiger partial charge is 0.270 e. The number of anilines is 2. The number of hydrogen-bond donors (Lipinski definition) is 2. The van der Waals surface area contributed by atoms with Crippen LogP contribution in [0.25, 0.3) is 11.8 Å². The fourth-order valence-corrected chi connectivity index (χ4v) is 4.06. The van der Waals surface area contributed by atoms with Crippen molar-refractivity contribution in [2.45, 2.75) is 34.2 Å². The third kappa shape index (κ3) is 5.88. The number of hydrogen-bond acceptors (Lipinski definition) is 7. The van der Waals surface area contributed by atoms with Gasteiger partial charge in [-0.15, -0.1) is 11.3 Å². The normalized spacial score (nSPS) is 12.4. The molecule has 1 aromatic heterocycles. The van der Waals surface area contributed by atoms with E-state index in [1.54, 1.807) is 43.1 Å². The van der Waals surface area contributed by atoms with Crippen molar-refractivity contribution >= 4 is 46.3 Å². The minimum atomic E-state index is -0.707. The molecule has 1 aromatic carbocycles. The largest absolute Gasteiger partial charge is 0.360 e. The van der Waals surface area contributed by atoms with E-state index in [-0.39, 0.29) is 34.8 Å². The summed E-state index contributed by atoms with van der Waals surface area (Å²) in [5.41, 5.74) is 0.257. The quantitative estimate of drug-likeness (QED) is 0.613. The Morgan fingerprint density at radius 2 is 1.97 bits per heavy atom. The van der Waals surface area contributed by atoms with Crippen LogP contribution in [-0.2, 0) is 16.1 Å². The summed E-state index contributed by atoms with van der Waals surface area (Å²) < 4.78 is 1.87. The molecule has 0 aliphatic heterocycles. The second-order valence-corrected chi connectivity index (χ2v) is 9.13. The summed E-state index contributed by atoms with van der Waals surface area (Å²) in [6.07, 6.45) is 1.51. The molecule has 33 heavy (non-hydrogen) atoms. The van der Waals surface area contributed by atoms with Gasteiger partial charge >= 0.3 is 0 Å². The fourth-order valence-electron chi connectivity index (χ4n) is 2.97. The van der Waals surface area contributed by atoms with Crippen molar-refractivity contribution in [2.75, 3.05) is 23.8 Å². The van der Waals surface area contributed by atoms with Crippen LogP contribution in [0, 0.1) is 28.1 Å². The van der Waals surface area contributed by atoms with Gasteiger partial charge < -0.3 is 15.5 Å². The van der Waals surface area contributed by atoms with E-state index in [0.29, 0.717) is 15.9 Å². The summed E-state index contributed by atoms with van der Waals surface area (Å²) in [6, 6.07) is 10.8. The predicted octanol–water partition coefficient (Wildman–Crippen LogP) is 1.10. The molecular weight excluding hydrogens is 440 g/mol. The van der Waals surface area contributed by atoms with Crippen molar-refractivity contribution in [1.29, 1.82) is 10.5 Å². The lowest BCUT2D eigenvalue weighted by Crippen LogP contribution is -2.36. The van der Waals surface area contributed by atoms with Crippen molar-refractivity contribution in [3.8, 4) is 12.1 Å². The first-order valence-corrected chi connectivity index (χ1v) is 11.0. The van der Waals surface area contributed by atoms with Gasteiger partial charge in [0.2, 0.25) is 5.91 Å². The van der Waals surface area contributed by atoms with Gasteiger partial charge in [0.15, 0.2) is 5.57 Å². The Kier molecular flexibility index (Phi) is 8.16. The highest BCUT2D eigenvalue weighted by Gasteiger charge is 2.25. The zero-order valence-electron chi connectivity index (χ0n) is 19.2. The lowest BCUT2D eigenvalue weighted by atomic mass is 9.94. The van der Waals surface area contributed by atoms with Gasteiger partial charge in [0, 0.05) is 36.6 Å². The van der Waals surface area contributed by atoms with Crippen LogP contribution in [0.1, 0.15) is 27.7 Å². The van der Waals surface area contributed by atoms with E-state index in [4.69, 9.17) is 5.26 Å². The molecule has 2 aromatic rings. The lowest BCUT2D eigenvalue weighted by Gasteiger charge is -2.26. The molecule has 0 atom stereocenters. The van der Waals surface area contributed by atoms with Crippen LogP contribution in [0.2, 0.25) is 0 Å². The molecule has 0 fully saturated rings. The van der Waals surface area contributed by atoms with Crippen molar-refractivity contribution in [3.63, 3.8) is 0 Å². The Labute approximate surface area is 195 Å². The topological polar surface area (TPSA) is 131 Å². The van der Waals surface area contributed by atoms with Gasteiger partial charge in [-0.3, -0.25) is 19.0 Å². The molecule has 2 N–H and O–H groups in total. The maximum Gasteiger partial charge on any atom is 0.270 e. The first-order chi connectivity index (χ1) is 15.5. The molecule has 0 bridgehead atoms. The van der Waals surface area contributed by atoms with Crippen molar-refractivity contribution in [3.05, 3.63) is 43.8 Å². The molecule has 0 aliphatic rings. The third-order valence-corrected chi connectivity index (χ3v) is 5.78. The maximum atomic E-state index is 12.8. The van der Waals surface area contributed by atoms with Crippen molar-refractivity contribution in [1.82, 2.24) is 9.88 Å². The Balaban J connectivity index is 2.47. The fraction of sp³-hybridized carbons (Fsp3) is 0.348. The highest BCUT2D eigenvalue weighted by Crippen LogP contribution is 2.24. The number of benzene rings is 1. The summed E-state index contributed by atoms with van der Waals surface area (Å²) in [5.74, 6) is -0.743. The van der Waals surface area contributed by atoms with Crippen LogP contribution < -0.4 is 30.3 Å². The van der Waals surface area contributed by atoms with Crippen LogP contribution in [0.15, 0.2) is 29.1 Å². The number of carbonyl (C=O) groups excluding carboxylic acids is 2. The van der Waals surface area contributed by atoms with Crippen LogP contribution in [0.5, 0.6) is 0 Å². The van der Waals surface area contributed by atoms with E-state index < -0.39 is 11.3 Å². The Morgan fingerprint density at radius 1 is 1.27 bits per heavy atom. The van der Waals surface area contributed by atoms with E-state index >= 15 is 0 Å². The molecule has 2 amide bonds. The molecule has 0 unspecified atom stereocenters. The van der Waals surface area contributed by atoms with Gasteiger partial charge in [-0.1, -0.05) is 26.8 Å². The molecule has 0 saturated carbocycles. The predicted molar refractivity (Wildman–Crippen MR) is 129 cm³/mol. The molecule has 9 nitrogen and oxygen atoms in total. The average Bonchev–Trinajstić information content (AvgIpc) is 3.10. The number of carbonyl (C=O) groups is 2. The van der Waals surface area contributed by atoms with E-state index in [0.717, 1.165) is 11.3 Å². The first kappa shape index (κ1) is 25.4. The van der Waals surface area contributed by atoms with Gasteiger partial charge in [-0.2, -0.15) is 10.5 Å². The number of nitrogens with one attached hydrogen (secondary N) is 2. The summed E-state index contributed by atoms with van der Waals surface area (Å²) in [7, 11) is 1.71. The van der Waals surface area contributed by atoms with Crippen LogP contribution >= 0.6 is 11.3 Å². The number of nitriles is 2. The number of thiazole rings is 1. The van der Waals surface area contributed by atoms with Gasteiger partial charge in [0.05, 0.1) is 6.07 Å². The molecule has 0 aliphatic carbocycles. The van der Waals surface area contributed by atoms with Gasteiger partial charge in [-0.25, -0.2) is 0 Å². The van der Waals surface area contributed by atoms with Gasteiger partial charge in [-0.05, 0) is 25.1 Å². The Bertz CT molecular complexity index is 1320. The summed E-state index contributed by atoms with van der Waals surface area (Å²) in [6.45, 7) is 7.31. The monoisotopic (exact) mass is 466 g/mol. The van der Waals surface area contributed by atoms with Crippen LogP contribution in [-0.4, -0.2) is 30.0 Å². The minimum Gasteiger partial charge on any atom is -0.360 e. The summed E-state index contributed by atoms with van der Waals surface area (Å²) >= 11 is 1.01. The Morgan fingerprint density at radius 3 is 2.55 bits per heavy atom. The van der Waals surface area contributed by atoms with E-state index in [9.17, 15) is 19.6 Å². The number of nitrogens with zero attached hydrogens (tertiary/aromatic N) is 4. The minimum absolute atomic E-state index is 0.0356. The second kappa shape index (κ2) is 10.6. The zero-order chi connectivity index (χ0) is 24.8. The van der Waals surface area contributed by atoms with Gasteiger partial charge in [0.25, 0.3) is 11.5 Å². The first-order valence-electron chi connectivity index (χ1n) is 10.2. The molecule has 10 heteroatoms. The van der Waals surface area contributed by atoms with E-state index in [1.807, 2.05) is 32.9 Å². The molecular formula is C23H26N6O3S. The molecule has 0 spiro atoms. The van der Waals surface area contributed by atoms with Gasteiger partial charge in [0.1, 0.15) is 21.8 Å². The van der Waals surface area contributed by atoms with E-state index in [1.165, 1.54) is 10.8 Å². The zero-order valence-corrected chi connectivity index (χ0v) is 20.0. The number of aromatic nitrogens is 1. The number of rotatable bonds is 6. The van der Waals surface area contributed by atoms with E-state index in [2.05, 4.69) is 10.6 Å². The van der Waals surface area contributed by atoms with Crippen molar-refractivity contribution < 1.29 is 9.59 Å². The highest BCUT2D eigenvalue weighted by atomic mass is 32.1. The van der Waals surface area contributed by atoms with Crippen molar-refractivity contribution in [2.24, 2.45) is 5.41 Å². The SMILES string of the molecule is CCn1c(=O)/c(=C\Nc2cccc(N(C)C(=O)C(C)(C)C)c2)s/c1=C(/C#N)C(=O)NCC#N. The number of amides is 2. The Hall–Kier alpha value is -3.89. The molecule has 0 radical (unpaired) electrons. The van der Waals surface area contributed by atoms with Crippen LogP contribution in [0.4, 0.5) is 11.4 Å². The summed E-state index contributed by atoms with van der Waals surface area (Å²) in [5, 5.41) is 23.5. The molecule has 172 valence electrons. The second-order valence-electron chi connectivity index (χ2n) is 8.10. The third-order valence-electron chi connectivity index (χ3n) is 4.65. The average molecular weight is 467 g/mol. The molecule has 0 saturated heterocycles. The molecule has 1 heterocycles. The molecule has 2 rings (SSSR count). The lowest BCUT2D eigenvalue weighted by molar-refractivity contribution is -0.125. The van der Waals surface area contributed by atoms with Crippen LogP contribution in [0.3, 0.4) is 0 Å². The maximum absolute atomic E-state index is 12.8. The standard InChI is InChI=1S/C23H26N6O3S/c1-6-29-20(31)18(33-21(29)17(13-25)19(30)26-11-10-24)14-27-15-8-7-9-16(12-15)28(5)22(32)23(2,3)4/h7-9,12,14,27H,6,11H2,1-5H3,(H,26,30)/b18-14+,21-17-. The summed E-state index contributed by atoms with van der Waals surface area (Å²) in [4.78, 5) is 39.2.